The van der Waals surface area contributed by atoms with Crippen LogP contribution in [-0.2, 0) is 0 Å². The lowest BCUT2D eigenvalue weighted by molar-refractivity contribution is -0.186. The van der Waals surface area contributed by atoms with Crippen molar-refractivity contribution in [3.05, 3.63) is 21.9 Å². The van der Waals surface area contributed by atoms with Gasteiger partial charge in [-0.1, -0.05) is 6.42 Å². The Morgan fingerprint density at radius 1 is 1.37 bits per heavy atom. The van der Waals surface area contributed by atoms with Crippen molar-refractivity contribution in [2.24, 2.45) is 11.8 Å². The van der Waals surface area contributed by atoms with Crippen LogP contribution >= 0.6 is 11.3 Å². The Balaban J connectivity index is 2.10. The van der Waals surface area contributed by atoms with Crippen LogP contribution in [0.3, 0.4) is 0 Å². The SMILES string of the molecule is CNC(c1csc(C)c1)C1CCCC(C(F)(F)F)C1. The Morgan fingerprint density at radius 2 is 2.11 bits per heavy atom. The molecule has 0 aromatic carbocycles. The third kappa shape index (κ3) is 3.51. The van der Waals surface area contributed by atoms with Crippen LogP contribution in [0.4, 0.5) is 13.2 Å². The standard InChI is InChI=1S/C14H20F3NS/c1-9-6-11(8-19-9)13(18-2)10-4-3-5-12(7-10)14(15,16)17/h6,8,10,12-13,18H,3-5,7H2,1-2H3. The highest BCUT2D eigenvalue weighted by Gasteiger charge is 2.43. The first kappa shape index (κ1) is 14.9. The number of alkyl halides is 3. The normalized spacial score (nSPS) is 26.4. The van der Waals surface area contributed by atoms with Crippen LogP contribution in [0, 0.1) is 18.8 Å². The van der Waals surface area contributed by atoms with E-state index in [1.165, 1.54) is 4.88 Å². The summed E-state index contributed by atoms with van der Waals surface area (Å²) in [5.41, 5.74) is 1.14. The van der Waals surface area contributed by atoms with E-state index in [1.54, 1.807) is 11.3 Å². The summed E-state index contributed by atoms with van der Waals surface area (Å²) in [5.74, 6) is -1.04. The Bertz CT molecular complexity index is 413. The zero-order valence-electron chi connectivity index (χ0n) is 11.3. The summed E-state index contributed by atoms with van der Waals surface area (Å²) in [5, 5.41) is 5.28. The summed E-state index contributed by atoms with van der Waals surface area (Å²) in [6.07, 6.45) is -1.94. The third-order valence-electron chi connectivity index (χ3n) is 4.07. The molecule has 0 amide bonds. The number of hydrogen-bond donors (Lipinski definition) is 1. The molecule has 0 spiro atoms. The molecule has 1 fully saturated rings. The zero-order valence-corrected chi connectivity index (χ0v) is 12.1. The van der Waals surface area contributed by atoms with Crippen molar-refractivity contribution in [1.82, 2.24) is 5.32 Å². The fourth-order valence-corrected chi connectivity index (χ4v) is 3.87. The summed E-state index contributed by atoms with van der Waals surface area (Å²) < 4.78 is 38.6. The van der Waals surface area contributed by atoms with E-state index in [0.29, 0.717) is 12.8 Å². The molecule has 1 heterocycles. The lowest BCUT2D eigenvalue weighted by Crippen LogP contribution is -2.34. The van der Waals surface area contributed by atoms with Gasteiger partial charge in [0.2, 0.25) is 0 Å². The summed E-state index contributed by atoms with van der Waals surface area (Å²) in [6.45, 7) is 2.03. The maximum Gasteiger partial charge on any atom is 0.391 e. The second-order valence-corrected chi connectivity index (χ2v) is 6.54. The van der Waals surface area contributed by atoms with Gasteiger partial charge in [-0.3, -0.25) is 0 Å². The lowest BCUT2D eigenvalue weighted by Gasteiger charge is -2.35. The van der Waals surface area contributed by atoms with Crippen LogP contribution in [0.1, 0.15) is 42.2 Å². The molecular weight excluding hydrogens is 271 g/mol. The van der Waals surface area contributed by atoms with Crippen molar-refractivity contribution in [3.8, 4) is 0 Å². The molecule has 19 heavy (non-hydrogen) atoms. The van der Waals surface area contributed by atoms with Gasteiger partial charge in [0.25, 0.3) is 0 Å². The maximum absolute atomic E-state index is 12.9. The zero-order chi connectivity index (χ0) is 14.0. The molecule has 1 aliphatic carbocycles. The molecule has 0 saturated heterocycles. The van der Waals surface area contributed by atoms with E-state index in [9.17, 15) is 13.2 Å². The Hall–Kier alpha value is -0.550. The molecule has 3 atom stereocenters. The van der Waals surface area contributed by atoms with Crippen molar-refractivity contribution in [1.29, 1.82) is 0 Å². The van der Waals surface area contributed by atoms with Crippen molar-refractivity contribution < 1.29 is 13.2 Å². The molecule has 2 rings (SSSR count). The first-order valence-corrected chi connectivity index (χ1v) is 7.58. The predicted octanol–water partition coefficient (Wildman–Crippen LogP) is 4.69. The monoisotopic (exact) mass is 291 g/mol. The second kappa shape index (κ2) is 5.83. The fourth-order valence-electron chi connectivity index (χ4n) is 3.13. The first-order chi connectivity index (χ1) is 8.91. The van der Waals surface area contributed by atoms with E-state index in [1.807, 2.05) is 14.0 Å². The maximum atomic E-state index is 12.9. The molecule has 3 unspecified atom stereocenters. The minimum Gasteiger partial charge on any atom is -0.313 e. The van der Waals surface area contributed by atoms with Crippen LogP contribution in [0.25, 0.3) is 0 Å². The van der Waals surface area contributed by atoms with E-state index in [2.05, 4.69) is 16.8 Å². The molecule has 0 radical (unpaired) electrons. The van der Waals surface area contributed by atoms with Gasteiger partial charge >= 0.3 is 6.18 Å². The van der Waals surface area contributed by atoms with Gasteiger partial charge in [-0.15, -0.1) is 11.3 Å². The van der Waals surface area contributed by atoms with Gasteiger partial charge in [0.15, 0.2) is 0 Å². The fraction of sp³-hybridized carbons (Fsp3) is 0.714. The topological polar surface area (TPSA) is 12.0 Å². The van der Waals surface area contributed by atoms with Gasteiger partial charge in [0.05, 0.1) is 5.92 Å². The third-order valence-corrected chi connectivity index (χ3v) is 4.95. The highest BCUT2D eigenvalue weighted by atomic mass is 32.1. The van der Waals surface area contributed by atoms with Gasteiger partial charge in [0.1, 0.15) is 0 Å². The van der Waals surface area contributed by atoms with Crippen molar-refractivity contribution in [2.45, 2.75) is 44.8 Å². The molecule has 1 nitrogen and oxygen atoms in total. The molecule has 1 N–H and O–H groups in total. The van der Waals surface area contributed by atoms with Crippen LogP contribution in [0.2, 0.25) is 0 Å². The minimum absolute atomic E-state index is 0.0510. The molecule has 1 saturated carbocycles. The van der Waals surface area contributed by atoms with Crippen LogP contribution in [-0.4, -0.2) is 13.2 Å². The summed E-state index contributed by atoms with van der Waals surface area (Å²) in [4.78, 5) is 1.21. The Labute approximate surface area is 116 Å². The van der Waals surface area contributed by atoms with E-state index in [4.69, 9.17) is 0 Å². The molecule has 1 aromatic rings. The number of halogens is 3. The molecular formula is C14H20F3NS. The van der Waals surface area contributed by atoms with Gasteiger partial charge in [-0.25, -0.2) is 0 Å². The van der Waals surface area contributed by atoms with Crippen LogP contribution in [0.15, 0.2) is 11.4 Å². The number of aryl methyl sites for hydroxylation is 1. The average molecular weight is 291 g/mol. The Morgan fingerprint density at radius 3 is 2.63 bits per heavy atom. The van der Waals surface area contributed by atoms with Gasteiger partial charge < -0.3 is 5.32 Å². The molecule has 1 aromatic heterocycles. The van der Waals surface area contributed by atoms with E-state index in [0.717, 1.165) is 12.0 Å². The molecule has 0 aliphatic heterocycles. The summed E-state index contributed by atoms with van der Waals surface area (Å²) in [6, 6.07) is 2.14. The Kier molecular flexibility index (Phi) is 4.56. The average Bonchev–Trinajstić information content (AvgIpc) is 2.76. The van der Waals surface area contributed by atoms with Crippen LogP contribution in [0.5, 0.6) is 0 Å². The van der Waals surface area contributed by atoms with E-state index >= 15 is 0 Å². The number of thiophene rings is 1. The first-order valence-electron chi connectivity index (χ1n) is 6.71. The van der Waals surface area contributed by atoms with Gasteiger partial charge in [-0.2, -0.15) is 13.2 Å². The van der Waals surface area contributed by atoms with Gasteiger partial charge in [0, 0.05) is 10.9 Å². The molecule has 5 heteroatoms. The summed E-state index contributed by atoms with van der Waals surface area (Å²) >= 11 is 1.66. The van der Waals surface area contributed by atoms with Crippen molar-refractivity contribution in [3.63, 3.8) is 0 Å². The van der Waals surface area contributed by atoms with Gasteiger partial charge in [-0.05, 0) is 56.2 Å². The highest BCUT2D eigenvalue weighted by molar-refractivity contribution is 7.10. The quantitative estimate of drug-likeness (QED) is 0.852. The van der Waals surface area contributed by atoms with E-state index < -0.39 is 12.1 Å². The van der Waals surface area contributed by atoms with Crippen LogP contribution < -0.4 is 5.32 Å². The summed E-state index contributed by atoms with van der Waals surface area (Å²) in [7, 11) is 1.84. The smallest absolute Gasteiger partial charge is 0.313 e. The highest BCUT2D eigenvalue weighted by Crippen LogP contribution is 2.44. The van der Waals surface area contributed by atoms with E-state index in [-0.39, 0.29) is 18.4 Å². The predicted molar refractivity (Wildman–Crippen MR) is 72.4 cm³/mol. The molecule has 0 bridgehead atoms. The number of hydrogen-bond acceptors (Lipinski definition) is 2. The van der Waals surface area contributed by atoms with Crippen molar-refractivity contribution in [2.75, 3.05) is 7.05 Å². The van der Waals surface area contributed by atoms with Crippen molar-refractivity contribution >= 4 is 11.3 Å². The number of rotatable bonds is 3. The molecule has 108 valence electrons. The second-order valence-electron chi connectivity index (χ2n) is 5.42. The minimum atomic E-state index is -4.04. The lowest BCUT2D eigenvalue weighted by atomic mass is 9.76. The number of nitrogens with one attached hydrogen (secondary N) is 1. The molecule has 1 aliphatic rings. The largest absolute Gasteiger partial charge is 0.391 e.